The summed E-state index contributed by atoms with van der Waals surface area (Å²) in [5, 5.41) is 0. The van der Waals surface area contributed by atoms with Gasteiger partial charge in [0.05, 0.1) is 12.7 Å². The number of hydrogen-bond acceptors (Lipinski definition) is 2. The van der Waals surface area contributed by atoms with Crippen molar-refractivity contribution in [1.29, 1.82) is 0 Å². The lowest BCUT2D eigenvalue weighted by Crippen LogP contribution is -2.04. The van der Waals surface area contributed by atoms with E-state index in [1.165, 1.54) is 7.11 Å². The van der Waals surface area contributed by atoms with Gasteiger partial charge in [0.2, 0.25) is 0 Å². The van der Waals surface area contributed by atoms with Crippen LogP contribution >= 0.6 is 11.6 Å². The lowest BCUT2D eigenvalue weighted by molar-refractivity contribution is 0.0600. The van der Waals surface area contributed by atoms with E-state index >= 15 is 0 Å². The van der Waals surface area contributed by atoms with Gasteiger partial charge in [0.25, 0.3) is 0 Å². The number of benzene rings is 1. The topological polar surface area (TPSA) is 26.3 Å². The minimum absolute atomic E-state index is 0.324. The Morgan fingerprint density at radius 1 is 1.53 bits per heavy atom. The van der Waals surface area contributed by atoms with E-state index in [-0.39, 0.29) is 5.97 Å². The second-order valence-electron chi connectivity index (χ2n) is 3.26. The number of aryl methyl sites for hydroxylation is 1. The molecule has 0 saturated heterocycles. The second kappa shape index (κ2) is 4.99. The maximum Gasteiger partial charge on any atom is 0.338 e. The van der Waals surface area contributed by atoms with Gasteiger partial charge in [-0.05, 0) is 29.7 Å². The maximum atomic E-state index is 11.3. The molecule has 0 bridgehead atoms. The largest absolute Gasteiger partial charge is 0.465 e. The zero-order valence-corrected chi connectivity index (χ0v) is 9.60. The molecule has 0 atom stereocenters. The fourth-order valence-electron chi connectivity index (χ4n) is 1.30. The highest BCUT2D eigenvalue weighted by atomic mass is 35.5. The molecule has 2 nitrogen and oxygen atoms in total. The Labute approximate surface area is 94.5 Å². The lowest BCUT2D eigenvalue weighted by atomic mass is 10.0. The Bertz CT molecular complexity index is 397. The molecule has 1 aromatic rings. The number of carbonyl (C=O) groups is 1. The molecule has 0 aromatic heterocycles. The Hall–Kier alpha value is -1.28. The van der Waals surface area contributed by atoms with Crippen molar-refractivity contribution in [3.63, 3.8) is 0 Å². The molecule has 0 amide bonds. The maximum absolute atomic E-state index is 11.3. The highest BCUT2D eigenvalue weighted by Crippen LogP contribution is 2.18. The van der Waals surface area contributed by atoms with Crippen molar-refractivity contribution in [3.8, 4) is 0 Å². The predicted molar refractivity (Wildman–Crippen MR) is 62.3 cm³/mol. The van der Waals surface area contributed by atoms with E-state index in [1.54, 1.807) is 6.07 Å². The van der Waals surface area contributed by atoms with Crippen molar-refractivity contribution in [2.45, 2.75) is 6.92 Å². The Morgan fingerprint density at radius 2 is 2.20 bits per heavy atom. The Balaban J connectivity index is 3.08. The molecular formula is C12H13ClO2. The van der Waals surface area contributed by atoms with Crippen LogP contribution in [0.2, 0.25) is 0 Å². The van der Waals surface area contributed by atoms with Crippen LogP contribution in [0.3, 0.4) is 0 Å². The molecular weight excluding hydrogens is 212 g/mol. The normalized spacial score (nSPS) is 9.80. The van der Waals surface area contributed by atoms with E-state index in [1.807, 2.05) is 19.1 Å². The van der Waals surface area contributed by atoms with E-state index < -0.39 is 0 Å². The number of hydrogen-bond donors (Lipinski definition) is 0. The van der Waals surface area contributed by atoms with Gasteiger partial charge in [-0.25, -0.2) is 4.79 Å². The number of ether oxygens (including phenoxy) is 1. The van der Waals surface area contributed by atoms with Crippen LogP contribution in [0.4, 0.5) is 0 Å². The van der Waals surface area contributed by atoms with Gasteiger partial charge in [-0.2, -0.15) is 0 Å². The zero-order valence-electron chi connectivity index (χ0n) is 8.84. The summed E-state index contributed by atoms with van der Waals surface area (Å²) in [6.07, 6.45) is 0. The van der Waals surface area contributed by atoms with Crippen molar-refractivity contribution < 1.29 is 9.53 Å². The first-order valence-electron chi connectivity index (χ1n) is 4.53. The molecule has 0 fully saturated rings. The van der Waals surface area contributed by atoms with E-state index in [4.69, 9.17) is 11.6 Å². The molecule has 0 aliphatic rings. The quantitative estimate of drug-likeness (QED) is 0.583. The first kappa shape index (κ1) is 11.8. The van der Waals surface area contributed by atoms with E-state index in [0.717, 1.165) is 16.7 Å². The van der Waals surface area contributed by atoms with Crippen LogP contribution in [0.1, 0.15) is 21.5 Å². The molecule has 0 unspecified atom stereocenters. The number of methoxy groups -OCH3 is 1. The molecule has 0 aliphatic heterocycles. The fourth-order valence-corrected chi connectivity index (χ4v) is 1.45. The minimum Gasteiger partial charge on any atom is -0.465 e. The first-order chi connectivity index (χ1) is 7.10. The van der Waals surface area contributed by atoms with Crippen LogP contribution in [0.25, 0.3) is 5.57 Å². The summed E-state index contributed by atoms with van der Waals surface area (Å²) in [6, 6.07) is 5.44. The average molecular weight is 225 g/mol. The van der Waals surface area contributed by atoms with Gasteiger partial charge in [0, 0.05) is 5.88 Å². The third kappa shape index (κ3) is 2.60. The van der Waals surface area contributed by atoms with Crippen LogP contribution in [-0.4, -0.2) is 19.0 Å². The molecule has 0 spiro atoms. The lowest BCUT2D eigenvalue weighted by Gasteiger charge is -2.07. The van der Waals surface area contributed by atoms with Gasteiger partial charge in [0.15, 0.2) is 0 Å². The molecule has 0 N–H and O–H groups in total. The highest BCUT2D eigenvalue weighted by Gasteiger charge is 2.09. The van der Waals surface area contributed by atoms with Gasteiger partial charge in [-0.1, -0.05) is 18.7 Å². The molecule has 1 rings (SSSR count). The third-order valence-electron chi connectivity index (χ3n) is 2.20. The third-order valence-corrected chi connectivity index (χ3v) is 2.52. The molecule has 0 heterocycles. The minimum atomic E-state index is -0.324. The van der Waals surface area contributed by atoms with Crippen LogP contribution < -0.4 is 0 Å². The van der Waals surface area contributed by atoms with E-state index in [2.05, 4.69) is 11.3 Å². The first-order valence-corrected chi connectivity index (χ1v) is 5.06. The van der Waals surface area contributed by atoms with E-state index in [9.17, 15) is 4.79 Å². The van der Waals surface area contributed by atoms with Crippen LogP contribution in [0, 0.1) is 6.92 Å². The molecule has 0 radical (unpaired) electrons. The van der Waals surface area contributed by atoms with Crippen LogP contribution in [0.5, 0.6) is 0 Å². The standard InChI is InChI=1S/C12H13ClO2/c1-8-6-10(9(2)7-13)4-5-11(8)12(14)15-3/h4-6H,2,7H2,1,3H3. The summed E-state index contributed by atoms with van der Waals surface area (Å²) in [5.74, 6) is 0.0623. The Kier molecular flexibility index (Phi) is 3.92. The zero-order chi connectivity index (χ0) is 11.4. The van der Waals surface area contributed by atoms with Crippen molar-refractivity contribution in [1.82, 2.24) is 0 Å². The van der Waals surface area contributed by atoms with Crippen molar-refractivity contribution in [2.75, 3.05) is 13.0 Å². The summed E-state index contributed by atoms with van der Waals surface area (Å²) < 4.78 is 4.66. The van der Waals surface area contributed by atoms with Gasteiger partial charge >= 0.3 is 5.97 Å². The number of alkyl halides is 1. The predicted octanol–water partition coefficient (Wildman–Crippen LogP) is 3.03. The number of rotatable bonds is 3. The molecule has 80 valence electrons. The van der Waals surface area contributed by atoms with Gasteiger partial charge in [0.1, 0.15) is 0 Å². The number of allylic oxidation sites excluding steroid dienone is 1. The molecule has 0 saturated carbocycles. The number of esters is 1. The molecule has 1 aromatic carbocycles. The fraction of sp³-hybridized carbons (Fsp3) is 0.250. The summed E-state index contributed by atoms with van der Waals surface area (Å²) >= 11 is 5.68. The van der Waals surface area contributed by atoms with Crippen molar-refractivity contribution in [2.24, 2.45) is 0 Å². The average Bonchev–Trinajstić information content (AvgIpc) is 2.26. The monoisotopic (exact) mass is 224 g/mol. The summed E-state index contributed by atoms with van der Waals surface area (Å²) in [5.41, 5.74) is 3.24. The second-order valence-corrected chi connectivity index (χ2v) is 3.53. The highest BCUT2D eigenvalue weighted by molar-refractivity contribution is 6.23. The number of carbonyl (C=O) groups excluding carboxylic acids is 1. The van der Waals surface area contributed by atoms with Gasteiger partial charge in [-0.15, -0.1) is 11.6 Å². The summed E-state index contributed by atoms with van der Waals surface area (Å²) in [6.45, 7) is 5.69. The van der Waals surface area contributed by atoms with Gasteiger partial charge in [-0.3, -0.25) is 0 Å². The van der Waals surface area contributed by atoms with Crippen molar-refractivity contribution in [3.05, 3.63) is 41.5 Å². The summed E-state index contributed by atoms with van der Waals surface area (Å²) in [7, 11) is 1.37. The number of halogens is 1. The molecule has 0 aliphatic carbocycles. The van der Waals surface area contributed by atoms with Gasteiger partial charge < -0.3 is 4.74 Å². The Morgan fingerprint density at radius 3 is 2.67 bits per heavy atom. The smallest absolute Gasteiger partial charge is 0.338 e. The van der Waals surface area contributed by atoms with Crippen molar-refractivity contribution >= 4 is 23.1 Å². The van der Waals surface area contributed by atoms with Crippen LogP contribution in [0.15, 0.2) is 24.8 Å². The van der Waals surface area contributed by atoms with Crippen LogP contribution in [-0.2, 0) is 4.74 Å². The summed E-state index contributed by atoms with van der Waals surface area (Å²) in [4.78, 5) is 11.3. The molecule has 3 heteroatoms. The molecule has 15 heavy (non-hydrogen) atoms. The SMILES string of the molecule is C=C(CCl)c1ccc(C(=O)OC)c(C)c1. The van der Waals surface area contributed by atoms with E-state index in [0.29, 0.717) is 11.4 Å².